The third kappa shape index (κ3) is 6.19. The molecule has 39 heavy (non-hydrogen) atoms. The number of pyridine rings is 1. The number of amides is 1. The van der Waals surface area contributed by atoms with Crippen LogP contribution in [0.4, 0.5) is 0 Å². The Bertz CT molecular complexity index is 1520. The van der Waals surface area contributed by atoms with E-state index in [9.17, 15) is 9.59 Å². The van der Waals surface area contributed by atoms with Gasteiger partial charge in [-0.3, -0.25) is 9.59 Å². The Labute approximate surface area is 230 Å². The van der Waals surface area contributed by atoms with E-state index in [0.717, 1.165) is 50.4 Å². The molecule has 204 valence electrons. The van der Waals surface area contributed by atoms with Gasteiger partial charge in [0.25, 0.3) is 0 Å². The summed E-state index contributed by atoms with van der Waals surface area (Å²) >= 11 is 0. The van der Waals surface area contributed by atoms with E-state index in [-0.39, 0.29) is 24.7 Å². The lowest BCUT2D eigenvalue weighted by Crippen LogP contribution is -2.31. The zero-order valence-corrected chi connectivity index (χ0v) is 24.0. The molecule has 2 heterocycles. The second-order valence-electron chi connectivity index (χ2n) is 10.3. The monoisotopic (exact) mass is 526 g/mol. The fourth-order valence-corrected chi connectivity index (χ4v) is 5.05. The highest BCUT2D eigenvalue weighted by molar-refractivity contribution is 5.85. The number of aromatic nitrogens is 3. The molecule has 2 aromatic carbocycles. The number of carbonyl (C=O) groups is 2. The summed E-state index contributed by atoms with van der Waals surface area (Å²) in [5.41, 5.74) is 10.2. The lowest BCUT2D eigenvalue weighted by molar-refractivity contribution is -0.143. The van der Waals surface area contributed by atoms with E-state index < -0.39 is 6.04 Å². The molecular formula is C32H38N4O3. The van der Waals surface area contributed by atoms with Gasteiger partial charge in [-0.1, -0.05) is 35.9 Å². The lowest BCUT2D eigenvalue weighted by Gasteiger charge is -2.19. The van der Waals surface area contributed by atoms with E-state index in [4.69, 9.17) is 14.8 Å². The molecule has 0 saturated carbocycles. The number of ether oxygens (including phenoxy) is 1. The van der Waals surface area contributed by atoms with Crippen molar-refractivity contribution in [2.45, 2.75) is 73.8 Å². The molecular weight excluding hydrogens is 488 g/mol. The minimum atomic E-state index is -0.446. The number of nitrogens with zero attached hydrogens (tertiary/aromatic N) is 3. The van der Waals surface area contributed by atoms with Gasteiger partial charge in [-0.2, -0.15) is 5.10 Å². The van der Waals surface area contributed by atoms with Crippen molar-refractivity contribution in [2.24, 2.45) is 0 Å². The highest BCUT2D eigenvalue weighted by atomic mass is 16.5. The molecule has 0 aliphatic rings. The van der Waals surface area contributed by atoms with Crippen molar-refractivity contribution in [3.05, 3.63) is 87.2 Å². The Morgan fingerprint density at radius 2 is 1.67 bits per heavy atom. The molecule has 0 radical (unpaired) electrons. The van der Waals surface area contributed by atoms with Crippen molar-refractivity contribution in [1.29, 1.82) is 0 Å². The quantitative estimate of drug-likeness (QED) is 0.270. The summed E-state index contributed by atoms with van der Waals surface area (Å²) in [7, 11) is 0. The molecule has 4 aromatic rings. The van der Waals surface area contributed by atoms with Crippen molar-refractivity contribution in [3.63, 3.8) is 0 Å². The molecule has 0 fully saturated rings. The molecule has 2 aromatic heterocycles. The minimum absolute atomic E-state index is 0.0884. The maximum Gasteiger partial charge on any atom is 0.308 e. The largest absolute Gasteiger partial charge is 0.466 e. The third-order valence-electron chi connectivity index (χ3n) is 7.40. The van der Waals surface area contributed by atoms with E-state index in [0.29, 0.717) is 13.0 Å². The number of hydrogen-bond acceptors (Lipinski definition) is 5. The summed E-state index contributed by atoms with van der Waals surface area (Å²) in [6.45, 7) is 14.4. The number of aryl methyl sites for hydroxylation is 6. The van der Waals surface area contributed by atoms with Gasteiger partial charge in [0.15, 0.2) is 5.65 Å². The fraction of sp³-hybridized carbons (Fsp3) is 0.375. The smallest absolute Gasteiger partial charge is 0.308 e. The topological polar surface area (TPSA) is 86.1 Å². The van der Waals surface area contributed by atoms with E-state index in [1.165, 1.54) is 11.1 Å². The van der Waals surface area contributed by atoms with Crippen LogP contribution in [-0.4, -0.2) is 33.2 Å². The molecule has 0 aliphatic heterocycles. The molecule has 0 bridgehead atoms. The zero-order valence-electron chi connectivity index (χ0n) is 24.0. The minimum Gasteiger partial charge on any atom is -0.466 e. The van der Waals surface area contributed by atoms with E-state index in [1.54, 1.807) is 6.92 Å². The lowest BCUT2D eigenvalue weighted by atomic mass is 9.98. The molecule has 0 spiro atoms. The van der Waals surface area contributed by atoms with Gasteiger partial charge in [-0.05, 0) is 94.8 Å². The summed E-state index contributed by atoms with van der Waals surface area (Å²) in [6.07, 6.45) is 0.913. The fourth-order valence-electron chi connectivity index (χ4n) is 5.05. The van der Waals surface area contributed by atoms with Gasteiger partial charge in [0.1, 0.15) is 0 Å². The Morgan fingerprint density at radius 3 is 2.33 bits per heavy atom. The Morgan fingerprint density at radius 1 is 0.949 bits per heavy atom. The van der Waals surface area contributed by atoms with Crippen molar-refractivity contribution in [1.82, 2.24) is 20.1 Å². The summed E-state index contributed by atoms with van der Waals surface area (Å²) in [5, 5.41) is 8.90. The second-order valence-corrected chi connectivity index (χ2v) is 10.3. The van der Waals surface area contributed by atoms with Crippen LogP contribution in [0.1, 0.15) is 70.6 Å². The first kappa shape index (κ1) is 28.0. The van der Waals surface area contributed by atoms with Crippen molar-refractivity contribution in [2.75, 3.05) is 6.61 Å². The molecule has 0 unspecified atom stereocenters. The zero-order chi connectivity index (χ0) is 28.3. The van der Waals surface area contributed by atoms with E-state index >= 15 is 0 Å². The molecule has 1 atom stereocenters. The number of rotatable bonds is 9. The second kappa shape index (κ2) is 11.8. The molecule has 1 amide bonds. The average Bonchev–Trinajstić information content (AvgIpc) is 3.21. The van der Waals surface area contributed by atoms with Crippen LogP contribution in [0.3, 0.4) is 0 Å². The standard InChI is InChI=1S/C32H38N4O3/c1-8-39-30(38)18-28(25-12-9-19(2)10-13-25)34-29(37)16-15-27-22(5)31-24(7)35-36(32(31)33-23(27)6)26-14-11-20(3)21(4)17-26/h9-14,17,28H,8,15-16,18H2,1-7H3,(H,34,37)/t28-/m1/s1. The maximum absolute atomic E-state index is 13.1. The predicted octanol–water partition coefficient (Wildman–Crippen LogP) is 6.01. The Hall–Kier alpha value is -4.00. The summed E-state index contributed by atoms with van der Waals surface area (Å²) in [6, 6.07) is 13.7. The molecule has 0 aliphatic carbocycles. The number of nitrogens with one attached hydrogen (secondary N) is 1. The highest BCUT2D eigenvalue weighted by Crippen LogP contribution is 2.29. The Balaban J connectivity index is 1.56. The van der Waals surface area contributed by atoms with Gasteiger partial charge >= 0.3 is 5.97 Å². The summed E-state index contributed by atoms with van der Waals surface area (Å²) < 4.78 is 7.06. The predicted molar refractivity (Wildman–Crippen MR) is 154 cm³/mol. The van der Waals surface area contributed by atoms with Crippen LogP contribution in [0.15, 0.2) is 42.5 Å². The normalized spacial score (nSPS) is 12.0. The first-order valence-corrected chi connectivity index (χ1v) is 13.5. The van der Waals surface area contributed by atoms with Crippen LogP contribution in [-0.2, 0) is 20.7 Å². The van der Waals surface area contributed by atoms with Gasteiger partial charge in [0.2, 0.25) is 5.91 Å². The SMILES string of the molecule is CCOC(=O)C[C@@H](NC(=O)CCc1c(C)nc2c(c(C)nn2-c2ccc(C)c(C)c2)c1C)c1ccc(C)cc1. The molecule has 0 saturated heterocycles. The summed E-state index contributed by atoms with van der Waals surface area (Å²) in [4.78, 5) is 30.3. The van der Waals surface area contributed by atoms with Crippen LogP contribution in [0.25, 0.3) is 16.7 Å². The highest BCUT2D eigenvalue weighted by Gasteiger charge is 2.21. The number of fused-ring (bicyclic) bond motifs is 1. The molecule has 7 nitrogen and oxygen atoms in total. The van der Waals surface area contributed by atoms with E-state index in [2.05, 4.69) is 44.3 Å². The molecule has 4 rings (SSSR count). The molecule has 1 N–H and O–H groups in total. The van der Waals surface area contributed by atoms with Gasteiger partial charge in [-0.25, -0.2) is 9.67 Å². The number of benzene rings is 2. The number of carbonyl (C=O) groups excluding carboxylic acids is 2. The first-order valence-electron chi connectivity index (χ1n) is 13.5. The van der Waals surface area contributed by atoms with E-state index in [1.807, 2.05) is 49.7 Å². The maximum atomic E-state index is 13.1. The van der Waals surface area contributed by atoms with Gasteiger partial charge in [0, 0.05) is 17.5 Å². The summed E-state index contributed by atoms with van der Waals surface area (Å²) in [5.74, 6) is -0.452. The van der Waals surface area contributed by atoms with Crippen LogP contribution >= 0.6 is 0 Å². The number of hydrogen-bond donors (Lipinski definition) is 1. The third-order valence-corrected chi connectivity index (χ3v) is 7.40. The van der Waals surface area contributed by atoms with Gasteiger partial charge in [-0.15, -0.1) is 0 Å². The van der Waals surface area contributed by atoms with Crippen LogP contribution in [0.5, 0.6) is 0 Å². The van der Waals surface area contributed by atoms with Crippen LogP contribution in [0.2, 0.25) is 0 Å². The molecule has 7 heteroatoms. The van der Waals surface area contributed by atoms with Crippen molar-refractivity contribution < 1.29 is 14.3 Å². The number of esters is 1. The first-order chi connectivity index (χ1) is 18.6. The Kier molecular flexibility index (Phi) is 8.48. The van der Waals surface area contributed by atoms with Crippen LogP contribution < -0.4 is 5.32 Å². The van der Waals surface area contributed by atoms with Gasteiger partial charge < -0.3 is 10.1 Å². The van der Waals surface area contributed by atoms with Crippen molar-refractivity contribution >= 4 is 22.9 Å². The van der Waals surface area contributed by atoms with Gasteiger partial charge in [0.05, 0.1) is 30.5 Å². The average molecular weight is 527 g/mol. The van der Waals surface area contributed by atoms with Crippen molar-refractivity contribution in [3.8, 4) is 5.69 Å². The van der Waals surface area contributed by atoms with Crippen LogP contribution in [0, 0.1) is 41.5 Å².